The van der Waals surface area contributed by atoms with E-state index in [1.165, 1.54) is 0 Å². The Morgan fingerprint density at radius 2 is 1.42 bits per heavy atom. The molecule has 2 aliphatic heterocycles. The number of carbonyl (C=O) groups excluding carboxylic acids is 2. The molecule has 0 aliphatic carbocycles. The van der Waals surface area contributed by atoms with E-state index in [-0.39, 0.29) is 12.6 Å². The molecule has 0 N–H and O–H groups in total. The van der Waals surface area contributed by atoms with Crippen LogP contribution in [0.15, 0.2) is 24.3 Å². The van der Waals surface area contributed by atoms with Crippen molar-refractivity contribution in [3.05, 3.63) is 29.8 Å². The van der Waals surface area contributed by atoms with Crippen LogP contribution in [-0.4, -0.2) is 112 Å². The van der Waals surface area contributed by atoms with Crippen LogP contribution >= 0.6 is 0 Å². The highest BCUT2D eigenvalue weighted by Crippen LogP contribution is 2.14. The number of hydrogen-bond donors (Lipinski definition) is 0. The Balaban J connectivity index is 1.29. The third-order valence-corrected chi connectivity index (χ3v) is 5.50. The largest absolute Gasteiger partial charge is 0.513 e. The van der Waals surface area contributed by atoms with Gasteiger partial charge in [0.1, 0.15) is 12.4 Å². The van der Waals surface area contributed by atoms with Crippen molar-refractivity contribution in [3.8, 4) is 5.75 Å². The summed E-state index contributed by atoms with van der Waals surface area (Å²) >= 11 is 0. The van der Waals surface area contributed by atoms with Gasteiger partial charge in [0.15, 0.2) is 0 Å². The van der Waals surface area contributed by atoms with E-state index in [9.17, 15) is 9.59 Å². The van der Waals surface area contributed by atoms with Gasteiger partial charge in [-0.05, 0) is 31.2 Å². The normalized spacial score (nSPS) is 18.5. The standard InChI is InChI=1S/C22H33N3O6/c1-2-29-22(27)31-20-5-3-19(4-6-20)21(26)30-18-15-24-10-7-23(8-11-24)9-12-25-13-16-28-17-14-25/h3-6H,2,7-18H2,1H3. The second-order valence-electron chi connectivity index (χ2n) is 7.58. The first-order valence-electron chi connectivity index (χ1n) is 11.0. The maximum absolute atomic E-state index is 12.2. The lowest BCUT2D eigenvalue weighted by Gasteiger charge is -2.36. The van der Waals surface area contributed by atoms with Crippen molar-refractivity contribution in [1.29, 1.82) is 0 Å². The molecule has 0 unspecified atom stereocenters. The van der Waals surface area contributed by atoms with Crippen LogP contribution in [0.25, 0.3) is 0 Å². The minimum Gasteiger partial charge on any atom is -0.461 e. The average molecular weight is 436 g/mol. The zero-order chi connectivity index (χ0) is 21.9. The Bertz CT molecular complexity index is 685. The summed E-state index contributed by atoms with van der Waals surface area (Å²) in [6.45, 7) is 13.0. The van der Waals surface area contributed by atoms with E-state index in [0.29, 0.717) is 17.9 Å². The summed E-state index contributed by atoms with van der Waals surface area (Å²) in [5, 5.41) is 0. The molecule has 31 heavy (non-hydrogen) atoms. The Kier molecular flexibility index (Phi) is 9.54. The summed E-state index contributed by atoms with van der Waals surface area (Å²) in [5.74, 6) is -0.0617. The first-order chi connectivity index (χ1) is 15.1. The van der Waals surface area contributed by atoms with Gasteiger partial charge < -0.3 is 18.9 Å². The molecule has 1 aromatic carbocycles. The minimum atomic E-state index is -0.765. The maximum Gasteiger partial charge on any atom is 0.513 e. The number of rotatable bonds is 9. The van der Waals surface area contributed by atoms with E-state index in [2.05, 4.69) is 14.7 Å². The third-order valence-electron chi connectivity index (χ3n) is 5.50. The van der Waals surface area contributed by atoms with Crippen LogP contribution in [0.4, 0.5) is 4.79 Å². The number of carbonyl (C=O) groups is 2. The number of esters is 1. The van der Waals surface area contributed by atoms with Crippen molar-refractivity contribution in [2.45, 2.75) is 6.92 Å². The lowest BCUT2D eigenvalue weighted by atomic mass is 10.2. The van der Waals surface area contributed by atoms with Gasteiger partial charge in [-0.3, -0.25) is 14.7 Å². The van der Waals surface area contributed by atoms with Crippen molar-refractivity contribution in [1.82, 2.24) is 14.7 Å². The molecule has 9 nitrogen and oxygen atoms in total. The zero-order valence-electron chi connectivity index (χ0n) is 18.3. The number of morpholine rings is 1. The van der Waals surface area contributed by atoms with Crippen molar-refractivity contribution in [2.75, 3.05) is 85.3 Å². The molecule has 0 saturated carbocycles. The van der Waals surface area contributed by atoms with Gasteiger partial charge in [0, 0.05) is 58.9 Å². The molecule has 0 bridgehead atoms. The van der Waals surface area contributed by atoms with Gasteiger partial charge >= 0.3 is 12.1 Å². The number of benzene rings is 1. The maximum atomic E-state index is 12.2. The molecular formula is C22H33N3O6. The van der Waals surface area contributed by atoms with E-state index >= 15 is 0 Å². The molecule has 2 fully saturated rings. The Morgan fingerprint density at radius 1 is 0.839 bits per heavy atom. The van der Waals surface area contributed by atoms with Crippen molar-refractivity contribution >= 4 is 12.1 Å². The lowest BCUT2D eigenvalue weighted by molar-refractivity contribution is 0.0276. The number of nitrogens with zero attached hydrogens (tertiary/aromatic N) is 3. The van der Waals surface area contributed by atoms with Gasteiger partial charge in [0.05, 0.1) is 25.4 Å². The zero-order valence-corrected chi connectivity index (χ0v) is 18.3. The first kappa shape index (κ1) is 23.5. The highest BCUT2D eigenvalue weighted by Gasteiger charge is 2.19. The average Bonchev–Trinajstić information content (AvgIpc) is 2.80. The minimum absolute atomic E-state index is 0.243. The Hall–Kier alpha value is -2.20. The molecule has 2 heterocycles. The molecule has 2 aliphatic rings. The van der Waals surface area contributed by atoms with Crippen molar-refractivity contribution < 1.29 is 28.5 Å². The molecule has 0 spiro atoms. The van der Waals surface area contributed by atoms with E-state index in [4.69, 9.17) is 18.9 Å². The number of hydrogen-bond acceptors (Lipinski definition) is 9. The molecule has 3 rings (SSSR count). The fraction of sp³-hybridized carbons (Fsp3) is 0.636. The van der Waals surface area contributed by atoms with Crippen molar-refractivity contribution in [2.24, 2.45) is 0 Å². The first-order valence-corrected chi connectivity index (χ1v) is 11.0. The second-order valence-corrected chi connectivity index (χ2v) is 7.58. The summed E-state index contributed by atoms with van der Waals surface area (Å²) in [6, 6.07) is 6.24. The SMILES string of the molecule is CCOC(=O)Oc1ccc(C(=O)OCCN2CCN(CCN3CCOCC3)CC2)cc1. The fourth-order valence-corrected chi connectivity index (χ4v) is 3.60. The lowest BCUT2D eigenvalue weighted by Crippen LogP contribution is -2.50. The molecule has 172 valence electrons. The molecule has 2 saturated heterocycles. The Morgan fingerprint density at radius 3 is 2.03 bits per heavy atom. The summed E-state index contributed by atoms with van der Waals surface area (Å²) < 4.78 is 20.5. The van der Waals surface area contributed by atoms with E-state index in [1.807, 2.05) is 0 Å². The molecule has 0 radical (unpaired) electrons. The van der Waals surface area contributed by atoms with Gasteiger partial charge in [0.2, 0.25) is 0 Å². The smallest absolute Gasteiger partial charge is 0.461 e. The topological polar surface area (TPSA) is 80.8 Å². The van der Waals surface area contributed by atoms with Crippen LogP contribution in [0.5, 0.6) is 5.75 Å². The molecular weight excluding hydrogens is 402 g/mol. The van der Waals surface area contributed by atoms with Crippen LogP contribution < -0.4 is 4.74 Å². The monoisotopic (exact) mass is 435 g/mol. The molecule has 9 heteroatoms. The Labute approximate surface area is 183 Å². The third kappa shape index (κ3) is 8.10. The summed E-state index contributed by atoms with van der Waals surface area (Å²) in [5.41, 5.74) is 0.421. The fourth-order valence-electron chi connectivity index (χ4n) is 3.60. The van der Waals surface area contributed by atoms with Crippen molar-refractivity contribution in [3.63, 3.8) is 0 Å². The van der Waals surface area contributed by atoms with E-state index in [0.717, 1.165) is 72.1 Å². The quantitative estimate of drug-likeness (QED) is 0.421. The van der Waals surface area contributed by atoms with Gasteiger partial charge in [-0.25, -0.2) is 9.59 Å². The molecule has 0 aromatic heterocycles. The van der Waals surface area contributed by atoms with Gasteiger partial charge in [-0.2, -0.15) is 0 Å². The number of ether oxygens (including phenoxy) is 4. The van der Waals surface area contributed by atoms with Crippen LogP contribution in [0.1, 0.15) is 17.3 Å². The van der Waals surface area contributed by atoms with Gasteiger partial charge in [-0.1, -0.05) is 0 Å². The van der Waals surface area contributed by atoms with Gasteiger partial charge in [-0.15, -0.1) is 0 Å². The van der Waals surface area contributed by atoms with Crippen LogP contribution in [0.3, 0.4) is 0 Å². The van der Waals surface area contributed by atoms with Crippen LogP contribution in [-0.2, 0) is 14.2 Å². The summed E-state index contributed by atoms with van der Waals surface area (Å²) in [6.07, 6.45) is -0.765. The predicted molar refractivity (Wildman–Crippen MR) is 115 cm³/mol. The summed E-state index contributed by atoms with van der Waals surface area (Å²) in [4.78, 5) is 30.8. The predicted octanol–water partition coefficient (Wildman–Crippen LogP) is 1.33. The summed E-state index contributed by atoms with van der Waals surface area (Å²) in [7, 11) is 0. The second kappa shape index (κ2) is 12.6. The molecule has 0 amide bonds. The molecule has 0 atom stereocenters. The van der Waals surface area contributed by atoms with E-state index < -0.39 is 6.16 Å². The van der Waals surface area contributed by atoms with Crippen LogP contribution in [0, 0.1) is 0 Å². The molecule has 1 aromatic rings. The van der Waals surface area contributed by atoms with E-state index in [1.54, 1.807) is 31.2 Å². The highest BCUT2D eigenvalue weighted by atomic mass is 16.7. The van der Waals surface area contributed by atoms with Crippen LogP contribution in [0.2, 0.25) is 0 Å². The van der Waals surface area contributed by atoms with Gasteiger partial charge in [0.25, 0.3) is 0 Å². The highest BCUT2D eigenvalue weighted by molar-refractivity contribution is 5.89. The number of piperazine rings is 1.